The minimum atomic E-state index is -0.537. The SMILES string of the molecule is CCOC(=O)n1cc(-c2nonc2-c2cn(C(=O)OCC)c3ccc(OC)cc23)c2cc(OC)ccc21. The van der Waals surface area contributed by atoms with E-state index in [2.05, 4.69) is 10.3 Å². The number of hydrogen-bond acceptors (Lipinski definition) is 9. The lowest BCUT2D eigenvalue weighted by atomic mass is 10.0. The second-order valence-corrected chi connectivity index (χ2v) is 7.95. The number of nitrogens with zero attached hydrogens (tertiary/aromatic N) is 4. The summed E-state index contributed by atoms with van der Waals surface area (Å²) in [5.41, 5.74) is 3.06. The van der Waals surface area contributed by atoms with Crippen LogP contribution in [0.2, 0.25) is 0 Å². The fourth-order valence-corrected chi connectivity index (χ4v) is 4.28. The number of carbonyl (C=O) groups excluding carboxylic acids is 2. The van der Waals surface area contributed by atoms with Crippen LogP contribution in [0.1, 0.15) is 13.8 Å². The number of fused-ring (bicyclic) bond motifs is 2. The molecule has 0 aliphatic carbocycles. The molecule has 0 N–H and O–H groups in total. The Labute approximate surface area is 211 Å². The van der Waals surface area contributed by atoms with Crippen LogP contribution in [0.5, 0.6) is 11.5 Å². The Balaban J connectivity index is 1.76. The zero-order chi connectivity index (χ0) is 26.1. The molecule has 190 valence electrons. The normalized spacial score (nSPS) is 11.1. The van der Waals surface area contributed by atoms with Gasteiger partial charge < -0.3 is 18.9 Å². The van der Waals surface area contributed by atoms with Crippen molar-refractivity contribution in [2.45, 2.75) is 13.8 Å². The van der Waals surface area contributed by atoms with E-state index in [1.807, 2.05) is 0 Å². The van der Waals surface area contributed by atoms with Crippen molar-refractivity contribution in [3.63, 3.8) is 0 Å². The van der Waals surface area contributed by atoms with Gasteiger partial charge >= 0.3 is 12.2 Å². The van der Waals surface area contributed by atoms with Gasteiger partial charge in [-0.2, -0.15) is 0 Å². The number of benzene rings is 2. The molecule has 0 spiro atoms. The Hall–Kier alpha value is -4.80. The maximum Gasteiger partial charge on any atom is 0.418 e. The molecule has 0 atom stereocenters. The van der Waals surface area contributed by atoms with E-state index in [-0.39, 0.29) is 13.2 Å². The lowest BCUT2D eigenvalue weighted by Gasteiger charge is -2.04. The van der Waals surface area contributed by atoms with Crippen LogP contribution >= 0.6 is 0 Å². The molecular formula is C26H24N4O7. The molecule has 3 heterocycles. The quantitative estimate of drug-likeness (QED) is 0.302. The van der Waals surface area contributed by atoms with E-state index in [0.717, 1.165) is 0 Å². The van der Waals surface area contributed by atoms with E-state index < -0.39 is 12.2 Å². The van der Waals surface area contributed by atoms with E-state index in [9.17, 15) is 9.59 Å². The minimum absolute atomic E-state index is 0.218. The molecule has 2 aromatic carbocycles. The van der Waals surface area contributed by atoms with Gasteiger partial charge in [0.05, 0.1) is 38.5 Å². The summed E-state index contributed by atoms with van der Waals surface area (Å²) in [4.78, 5) is 25.4. The molecule has 0 amide bonds. The molecule has 0 aliphatic rings. The Kier molecular flexibility index (Phi) is 6.26. The molecule has 0 bridgehead atoms. The number of rotatable bonds is 6. The van der Waals surface area contributed by atoms with E-state index in [1.54, 1.807) is 76.9 Å². The summed E-state index contributed by atoms with van der Waals surface area (Å²) < 4.78 is 29.3. The minimum Gasteiger partial charge on any atom is -0.497 e. The molecule has 5 aromatic rings. The lowest BCUT2D eigenvalue weighted by Crippen LogP contribution is -2.12. The highest BCUT2D eigenvalue weighted by molar-refractivity contribution is 6.06. The van der Waals surface area contributed by atoms with Gasteiger partial charge in [-0.3, -0.25) is 9.13 Å². The van der Waals surface area contributed by atoms with Crippen LogP contribution in [0.4, 0.5) is 9.59 Å². The monoisotopic (exact) mass is 504 g/mol. The second-order valence-electron chi connectivity index (χ2n) is 7.95. The van der Waals surface area contributed by atoms with Gasteiger partial charge in [-0.25, -0.2) is 14.2 Å². The molecule has 11 heteroatoms. The van der Waals surface area contributed by atoms with Crippen LogP contribution in [0.3, 0.4) is 0 Å². The molecule has 3 aromatic heterocycles. The standard InChI is InChI=1S/C26H24N4O7/c1-5-35-25(31)29-13-19(17-11-15(33-3)7-9-21(17)29)23-24(28-37-27-23)20-14-30(26(32)36-6-2)22-10-8-16(34-4)12-18(20)22/h7-14H,5-6H2,1-4H3. The zero-order valence-corrected chi connectivity index (χ0v) is 20.7. The molecule has 11 nitrogen and oxygen atoms in total. The van der Waals surface area contributed by atoms with Gasteiger partial charge in [0.15, 0.2) is 0 Å². The van der Waals surface area contributed by atoms with Crippen LogP contribution in [0.25, 0.3) is 44.3 Å². The number of hydrogen-bond donors (Lipinski definition) is 0. The first-order valence-electron chi connectivity index (χ1n) is 11.6. The fraction of sp³-hybridized carbons (Fsp3) is 0.231. The molecule has 0 saturated heterocycles. The van der Waals surface area contributed by atoms with Crippen molar-refractivity contribution in [3.8, 4) is 34.0 Å². The van der Waals surface area contributed by atoms with Crippen molar-refractivity contribution in [2.24, 2.45) is 0 Å². The number of ether oxygens (including phenoxy) is 4. The Morgan fingerprint density at radius 3 is 1.57 bits per heavy atom. The van der Waals surface area contributed by atoms with E-state index in [0.29, 0.717) is 55.8 Å². The van der Waals surface area contributed by atoms with Crippen LogP contribution in [-0.4, -0.2) is 59.1 Å². The number of methoxy groups -OCH3 is 2. The highest BCUT2D eigenvalue weighted by atomic mass is 16.6. The average Bonchev–Trinajstić information content (AvgIpc) is 3.63. The van der Waals surface area contributed by atoms with Gasteiger partial charge in [0.2, 0.25) is 0 Å². The number of aromatic nitrogens is 4. The van der Waals surface area contributed by atoms with Crippen molar-refractivity contribution in [3.05, 3.63) is 48.8 Å². The van der Waals surface area contributed by atoms with Crippen LogP contribution in [0, 0.1) is 0 Å². The summed E-state index contributed by atoms with van der Waals surface area (Å²) in [6.07, 6.45) is 2.17. The Morgan fingerprint density at radius 2 is 1.19 bits per heavy atom. The van der Waals surface area contributed by atoms with Gasteiger partial charge in [0.1, 0.15) is 22.9 Å². The highest BCUT2D eigenvalue weighted by Gasteiger charge is 2.26. The molecule has 37 heavy (non-hydrogen) atoms. The summed E-state index contributed by atoms with van der Waals surface area (Å²) in [5, 5.41) is 9.71. The Bertz CT molecular complexity index is 1510. The third-order valence-corrected chi connectivity index (χ3v) is 5.95. The first-order chi connectivity index (χ1) is 18.0. The largest absolute Gasteiger partial charge is 0.497 e. The lowest BCUT2D eigenvalue weighted by molar-refractivity contribution is 0.154. The average molecular weight is 504 g/mol. The van der Waals surface area contributed by atoms with Gasteiger partial charge in [0, 0.05) is 34.3 Å². The molecule has 0 radical (unpaired) electrons. The van der Waals surface area contributed by atoms with Crippen LogP contribution in [-0.2, 0) is 9.47 Å². The molecule has 0 aliphatic heterocycles. The Morgan fingerprint density at radius 1 is 0.757 bits per heavy atom. The van der Waals surface area contributed by atoms with Gasteiger partial charge in [0.25, 0.3) is 0 Å². The van der Waals surface area contributed by atoms with Crippen LogP contribution < -0.4 is 9.47 Å². The zero-order valence-electron chi connectivity index (χ0n) is 20.7. The van der Waals surface area contributed by atoms with E-state index in [1.165, 1.54) is 9.13 Å². The van der Waals surface area contributed by atoms with Crippen molar-refractivity contribution in [2.75, 3.05) is 27.4 Å². The topological polar surface area (TPSA) is 120 Å². The van der Waals surface area contributed by atoms with E-state index in [4.69, 9.17) is 23.6 Å². The van der Waals surface area contributed by atoms with Crippen LogP contribution in [0.15, 0.2) is 53.4 Å². The van der Waals surface area contributed by atoms with Crippen molar-refractivity contribution in [1.29, 1.82) is 0 Å². The van der Waals surface area contributed by atoms with Gasteiger partial charge in [-0.1, -0.05) is 0 Å². The van der Waals surface area contributed by atoms with Crippen molar-refractivity contribution in [1.82, 2.24) is 19.4 Å². The smallest absolute Gasteiger partial charge is 0.418 e. The van der Waals surface area contributed by atoms with E-state index >= 15 is 0 Å². The summed E-state index contributed by atoms with van der Waals surface area (Å²) in [7, 11) is 3.12. The van der Waals surface area contributed by atoms with Crippen molar-refractivity contribution >= 4 is 34.0 Å². The predicted octanol–water partition coefficient (Wildman–Crippen LogP) is 5.34. The first-order valence-corrected chi connectivity index (χ1v) is 11.6. The second kappa shape index (κ2) is 9.69. The molecular weight excluding hydrogens is 480 g/mol. The summed E-state index contributed by atoms with van der Waals surface area (Å²) in [6.45, 7) is 3.91. The third-order valence-electron chi connectivity index (χ3n) is 5.95. The van der Waals surface area contributed by atoms with Gasteiger partial charge in [-0.15, -0.1) is 0 Å². The molecule has 0 fully saturated rings. The first kappa shape index (κ1) is 23.9. The third kappa shape index (κ3) is 4.03. The predicted molar refractivity (Wildman–Crippen MR) is 134 cm³/mol. The maximum absolute atomic E-state index is 12.7. The maximum atomic E-state index is 12.7. The summed E-state index contributed by atoms with van der Waals surface area (Å²) in [5.74, 6) is 1.19. The molecule has 5 rings (SSSR count). The van der Waals surface area contributed by atoms with Crippen molar-refractivity contribution < 1.29 is 33.2 Å². The molecule has 0 unspecified atom stereocenters. The highest BCUT2D eigenvalue weighted by Crippen LogP contribution is 2.40. The number of carbonyl (C=O) groups is 2. The molecule has 0 saturated carbocycles. The fourth-order valence-electron chi connectivity index (χ4n) is 4.28. The summed E-state index contributed by atoms with van der Waals surface area (Å²) >= 11 is 0. The van der Waals surface area contributed by atoms with Gasteiger partial charge in [-0.05, 0) is 60.6 Å². The summed E-state index contributed by atoms with van der Waals surface area (Å²) in [6, 6.07) is 10.6.